The molecule has 0 aliphatic carbocycles. The van der Waals surface area contributed by atoms with E-state index in [0.29, 0.717) is 28.4 Å². The maximum absolute atomic E-state index is 14.4. The Morgan fingerprint density at radius 3 is 2.66 bits per heavy atom. The number of halogens is 2. The summed E-state index contributed by atoms with van der Waals surface area (Å²) in [5, 5.41) is 0.192. The van der Waals surface area contributed by atoms with E-state index in [1.807, 2.05) is 24.3 Å². The highest BCUT2D eigenvalue weighted by atomic mass is 35.5. The van der Waals surface area contributed by atoms with Gasteiger partial charge in [-0.25, -0.2) is 14.2 Å². The topological polar surface area (TPSA) is 69.9 Å². The summed E-state index contributed by atoms with van der Waals surface area (Å²) in [5.41, 5.74) is 1.11. The summed E-state index contributed by atoms with van der Waals surface area (Å²) in [5.74, 6) is -0.417. The summed E-state index contributed by atoms with van der Waals surface area (Å²) >= 11 is 7.28. The van der Waals surface area contributed by atoms with Gasteiger partial charge in [0.05, 0.1) is 40.6 Å². The number of hydrogen-bond acceptors (Lipinski definition) is 6. The lowest BCUT2D eigenvalue weighted by molar-refractivity contribution is -0.136. The quantitative estimate of drug-likeness (QED) is 0.346. The molecule has 1 atom stereocenters. The number of carbonyl (C=O) groups excluding carboxylic acids is 1. The van der Waals surface area contributed by atoms with Crippen molar-refractivity contribution in [1.82, 2.24) is 4.57 Å². The standard InChI is InChI=1S/C26H24ClFN2O4S/c1-4-5-13-34-17-11-9-16(10-12-17)23-22(25(32)33-3)15(2)29-26-30(23)24(31)21(35-26)14-18-19(27)7-6-8-20(18)28/h6-12,14,23H,4-5,13H2,1-3H3. The number of fused-ring (bicyclic) bond motifs is 1. The number of rotatable bonds is 7. The lowest BCUT2D eigenvalue weighted by Crippen LogP contribution is -2.39. The zero-order chi connectivity index (χ0) is 25.1. The molecule has 0 amide bonds. The monoisotopic (exact) mass is 514 g/mol. The largest absolute Gasteiger partial charge is 0.494 e. The van der Waals surface area contributed by atoms with E-state index in [4.69, 9.17) is 21.1 Å². The van der Waals surface area contributed by atoms with Crippen LogP contribution in [0.5, 0.6) is 5.75 Å². The van der Waals surface area contributed by atoms with E-state index < -0.39 is 23.4 Å². The minimum atomic E-state index is -0.762. The number of benzene rings is 2. The fourth-order valence-electron chi connectivity index (χ4n) is 3.87. The maximum atomic E-state index is 14.4. The lowest BCUT2D eigenvalue weighted by atomic mass is 9.96. The predicted molar refractivity (Wildman–Crippen MR) is 134 cm³/mol. The molecule has 0 N–H and O–H groups in total. The third-order valence-corrected chi connectivity index (χ3v) is 6.98. The van der Waals surface area contributed by atoms with Crippen LogP contribution in [0.2, 0.25) is 5.02 Å². The number of aromatic nitrogens is 1. The SMILES string of the molecule is CCCCOc1ccc(C2C(C(=O)OC)=C(C)N=c3sc(=Cc4c(F)cccc4Cl)c(=O)n32)cc1. The second-order valence-corrected chi connectivity index (χ2v) is 9.40. The highest BCUT2D eigenvalue weighted by molar-refractivity contribution is 7.07. The van der Waals surface area contributed by atoms with Gasteiger partial charge in [0.2, 0.25) is 0 Å². The van der Waals surface area contributed by atoms with Gasteiger partial charge in [0.1, 0.15) is 11.6 Å². The molecule has 1 aromatic heterocycles. The molecule has 0 spiro atoms. The van der Waals surface area contributed by atoms with Crippen LogP contribution in [-0.2, 0) is 9.53 Å². The molecule has 6 nitrogen and oxygen atoms in total. The van der Waals surface area contributed by atoms with Gasteiger partial charge in [0, 0.05) is 5.56 Å². The molecule has 2 aromatic carbocycles. The lowest BCUT2D eigenvalue weighted by Gasteiger charge is -2.24. The van der Waals surface area contributed by atoms with Gasteiger partial charge < -0.3 is 9.47 Å². The van der Waals surface area contributed by atoms with E-state index in [0.717, 1.165) is 24.2 Å². The molecular formula is C26H24ClFN2O4S. The summed E-state index contributed by atoms with van der Waals surface area (Å²) in [4.78, 5) is 31.2. The Hall–Kier alpha value is -3.23. The molecule has 1 aliphatic heterocycles. The van der Waals surface area contributed by atoms with E-state index in [9.17, 15) is 14.0 Å². The molecule has 1 unspecified atom stereocenters. The summed E-state index contributed by atoms with van der Waals surface area (Å²) in [7, 11) is 1.29. The van der Waals surface area contributed by atoms with E-state index in [2.05, 4.69) is 11.9 Å². The number of thiazole rings is 1. The number of unbranched alkanes of at least 4 members (excludes halogenated alkanes) is 1. The molecule has 35 heavy (non-hydrogen) atoms. The Morgan fingerprint density at radius 2 is 2.00 bits per heavy atom. The van der Waals surface area contributed by atoms with Crippen molar-refractivity contribution in [1.29, 1.82) is 0 Å². The van der Waals surface area contributed by atoms with E-state index in [1.165, 1.54) is 29.9 Å². The Bertz CT molecular complexity index is 1450. The van der Waals surface area contributed by atoms with Crippen LogP contribution in [0.3, 0.4) is 0 Å². The molecule has 182 valence electrons. The molecular weight excluding hydrogens is 491 g/mol. The molecule has 2 heterocycles. The number of ether oxygens (including phenoxy) is 2. The molecule has 0 saturated heterocycles. The molecule has 9 heteroatoms. The van der Waals surface area contributed by atoms with Crippen molar-refractivity contribution < 1.29 is 18.7 Å². The second-order valence-electron chi connectivity index (χ2n) is 7.98. The molecule has 1 aliphatic rings. The van der Waals surface area contributed by atoms with Gasteiger partial charge in [-0.15, -0.1) is 0 Å². The minimum Gasteiger partial charge on any atom is -0.494 e. The zero-order valence-corrected chi connectivity index (χ0v) is 21.1. The van der Waals surface area contributed by atoms with Gasteiger partial charge in [0.15, 0.2) is 4.80 Å². The van der Waals surface area contributed by atoms with Crippen LogP contribution in [0.15, 0.2) is 63.5 Å². The fourth-order valence-corrected chi connectivity index (χ4v) is 5.11. The molecule has 0 saturated carbocycles. The minimum absolute atomic E-state index is 0.119. The van der Waals surface area contributed by atoms with Crippen LogP contribution < -0.4 is 19.6 Å². The number of carbonyl (C=O) groups is 1. The van der Waals surface area contributed by atoms with Gasteiger partial charge in [-0.2, -0.15) is 0 Å². The van der Waals surface area contributed by atoms with Crippen LogP contribution in [0.1, 0.15) is 43.9 Å². The third kappa shape index (κ3) is 4.94. The van der Waals surface area contributed by atoms with Gasteiger partial charge in [-0.3, -0.25) is 9.36 Å². The second kappa shape index (κ2) is 10.6. The summed E-state index contributed by atoms with van der Waals surface area (Å²) in [6.07, 6.45) is 3.39. The highest BCUT2D eigenvalue weighted by Crippen LogP contribution is 2.31. The predicted octanol–water partition coefficient (Wildman–Crippen LogP) is 4.38. The van der Waals surface area contributed by atoms with Crippen LogP contribution >= 0.6 is 22.9 Å². The van der Waals surface area contributed by atoms with Gasteiger partial charge in [-0.05, 0) is 49.2 Å². The van der Waals surface area contributed by atoms with Crippen molar-refractivity contribution in [2.45, 2.75) is 32.7 Å². The first-order valence-electron chi connectivity index (χ1n) is 11.1. The van der Waals surface area contributed by atoms with Crippen molar-refractivity contribution in [3.8, 4) is 5.75 Å². The van der Waals surface area contributed by atoms with Crippen molar-refractivity contribution in [3.05, 3.63) is 95.4 Å². The number of nitrogens with zero attached hydrogens (tertiary/aromatic N) is 2. The van der Waals surface area contributed by atoms with Gasteiger partial charge in [0.25, 0.3) is 5.56 Å². The number of methoxy groups -OCH3 is 1. The van der Waals surface area contributed by atoms with Crippen LogP contribution in [0, 0.1) is 5.82 Å². The first-order chi connectivity index (χ1) is 16.8. The fraction of sp³-hybridized carbons (Fsp3) is 0.269. The van der Waals surface area contributed by atoms with E-state index in [-0.39, 0.29) is 20.7 Å². The molecule has 0 radical (unpaired) electrons. The summed E-state index contributed by atoms with van der Waals surface area (Å²) < 4.78 is 26.9. The van der Waals surface area contributed by atoms with Crippen LogP contribution in [0.25, 0.3) is 6.08 Å². The average molecular weight is 515 g/mol. The summed E-state index contributed by atoms with van der Waals surface area (Å²) in [6, 6.07) is 10.8. The Balaban J connectivity index is 1.87. The zero-order valence-electron chi connectivity index (χ0n) is 19.5. The number of esters is 1. The smallest absolute Gasteiger partial charge is 0.338 e. The molecule has 0 fully saturated rings. The number of hydrogen-bond donors (Lipinski definition) is 0. The molecule has 0 bridgehead atoms. The molecule has 3 aromatic rings. The average Bonchev–Trinajstić information content (AvgIpc) is 3.15. The number of allylic oxidation sites excluding steroid dienone is 1. The first kappa shape index (κ1) is 24.9. The highest BCUT2D eigenvalue weighted by Gasteiger charge is 2.33. The molecule has 4 rings (SSSR count). The van der Waals surface area contributed by atoms with E-state index in [1.54, 1.807) is 13.0 Å². The van der Waals surface area contributed by atoms with Crippen molar-refractivity contribution in [2.75, 3.05) is 13.7 Å². The van der Waals surface area contributed by atoms with Gasteiger partial charge in [-0.1, -0.05) is 54.5 Å². The first-order valence-corrected chi connectivity index (χ1v) is 12.3. The van der Waals surface area contributed by atoms with E-state index >= 15 is 0 Å². The maximum Gasteiger partial charge on any atom is 0.338 e. The van der Waals surface area contributed by atoms with Gasteiger partial charge >= 0.3 is 5.97 Å². The van der Waals surface area contributed by atoms with Crippen molar-refractivity contribution in [2.24, 2.45) is 4.99 Å². The Kier molecular flexibility index (Phi) is 7.52. The Labute approximate surface area is 210 Å². The summed E-state index contributed by atoms with van der Waals surface area (Å²) in [6.45, 7) is 4.40. The third-order valence-electron chi connectivity index (χ3n) is 5.66. The van der Waals surface area contributed by atoms with Crippen molar-refractivity contribution in [3.63, 3.8) is 0 Å². The van der Waals surface area contributed by atoms with Crippen LogP contribution in [-0.4, -0.2) is 24.3 Å². The van der Waals surface area contributed by atoms with Crippen LogP contribution in [0.4, 0.5) is 4.39 Å². The van der Waals surface area contributed by atoms with Crippen molar-refractivity contribution >= 4 is 35.0 Å². The normalized spacial score (nSPS) is 15.6. The Morgan fingerprint density at radius 1 is 1.26 bits per heavy atom.